The normalized spacial score (nSPS) is 16.5. The van der Waals surface area contributed by atoms with Crippen molar-refractivity contribution in [3.8, 4) is 6.07 Å². The van der Waals surface area contributed by atoms with Crippen molar-refractivity contribution >= 4 is 45.9 Å². The Bertz CT molecular complexity index is 1010. The molecular formula is C20H16ClN3OS2. The van der Waals surface area contributed by atoms with Crippen molar-refractivity contribution in [2.75, 3.05) is 18.4 Å². The third kappa shape index (κ3) is 3.78. The van der Waals surface area contributed by atoms with E-state index in [1.807, 2.05) is 6.07 Å². The van der Waals surface area contributed by atoms with Gasteiger partial charge in [0.1, 0.15) is 6.07 Å². The van der Waals surface area contributed by atoms with Gasteiger partial charge in [-0.25, -0.2) is 0 Å². The number of thiophene rings is 2. The van der Waals surface area contributed by atoms with Crippen LogP contribution in [0.3, 0.4) is 0 Å². The molecule has 136 valence electrons. The van der Waals surface area contributed by atoms with Crippen LogP contribution in [0.25, 0.3) is 0 Å². The third-order valence-corrected chi connectivity index (χ3v) is 6.83. The summed E-state index contributed by atoms with van der Waals surface area (Å²) in [4.78, 5) is 17.5. The van der Waals surface area contributed by atoms with Gasteiger partial charge in [-0.15, -0.1) is 22.7 Å². The Hall–Kier alpha value is -2.17. The van der Waals surface area contributed by atoms with Crippen molar-refractivity contribution in [1.29, 1.82) is 5.26 Å². The van der Waals surface area contributed by atoms with E-state index in [9.17, 15) is 4.79 Å². The molecule has 27 heavy (non-hydrogen) atoms. The van der Waals surface area contributed by atoms with Crippen LogP contribution in [0, 0.1) is 11.3 Å². The zero-order valence-corrected chi connectivity index (χ0v) is 16.7. The standard InChI is InChI=1S/C20H16ClN3OS2/c21-16-10-14(4-3-13(16)11-22)23-19(25)12-24-7-5-17-15(6-9-27-17)20(24)18-2-1-8-26-18/h1-4,6,8-10,20H,5,7,12H2,(H,23,25)/t20-/m0/s1. The molecule has 1 N–H and O–H groups in total. The van der Waals surface area contributed by atoms with Crippen LogP contribution in [-0.2, 0) is 11.2 Å². The first-order valence-corrected chi connectivity index (χ1v) is 10.6. The average Bonchev–Trinajstić information content (AvgIpc) is 3.33. The Labute approximate surface area is 170 Å². The Balaban J connectivity index is 1.52. The fourth-order valence-corrected chi connectivity index (χ4v) is 5.39. The molecule has 4 rings (SSSR count). The SMILES string of the molecule is N#Cc1ccc(NC(=O)CN2CCc3sccc3[C@H]2c2cccs2)cc1Cl. The number of halogens is 1. The Kier molecular flexibility index (Phi) is 5.28. The highest BCUT2D eigenvalue weighted by atomic mass is 35.5. The average molecular weight is 414 g/mol. The lowest BCUT2D eigenvalue weighted by atomic mass is 9.98. The maximum absolute atomic E-state index is 12.7. The van der Waals surface area contributed by atoms with Crippen molar-refractivity contribution in [2.24, 2.45) is 0 Å². The number of benzene rings is 1. The number of hydrogen-bond acceptors (Lipinski definition) is 5. The van der Waals surface area contributed by atoms with Gasteiger partial charge in [0.25, 0.3) is 0 Å². The highest BCUT2D eigenvalue weighted by Crippen LogP contribution is 2.39. The molecule has 1 aromatic carbocycles. The molecule has 3 heterocycles. The molecular weight excluding hydrogens is 398 g/mol. The minimum atomic E-state index is -0.0870. The van der Waals surface area contributed by atoms with Gasteiger partial charge in [-0.2, -0.15) is 5.26 Å². The Morgan fingerprint density at radius 3 is 2.93 bits per heavy atom. The summed E-state index contributed by atoms with van der Waals surface area (Å²) in [6.07, 6.45) is 0.963. The summed E-state index contributed by atoms with van der Waals surface area (Å²) in [6.45, 7) is 1.15. The van der Waals surface area contributed by atoms with E-state index in [1.54, 1.807) is 40.9 Å². The molecule has 0 spiro atoms. The molecule has 0 fully saturated rings. The Morgan fingerprint density at radius 2 is 2.19 bits per heavy atom. The molecule has 7 heteroatoms. The summed E-state index contributed by atoms with van der Waals surface area (Å²) in [5.41, 5.74) is 2.31. The van der Waals surface area contributed by atoms with Gasteiger partial charge in [0.2, 0.25) is 5.91 Å². The van der Waals surface area contributed by atoms with Gasteiger partial charge < -0.3 is 5.32 Å². The maximum atomic E-state index is 12.7. The van der Waals surface area contributed by atoms with Gasteiger partial charge in [-0.1, -0.05) is 17.7 Å². The minimum Gasteiger partial charge on any atom is -0.325 e. The van der Waals surface area contributed by atoms with E-state index in [4.69, 9.17) is 16.9 Å². The van der Waals surface area contributed by atoms with E-state index in [0.29, 0.717) is 22.8 Å². The van der Waals surface area contributed by atoms with Crippen molar-refractivity contribution in [2.45, 2.75) is 12.5 Å². The number of hydrogen-bond donors (Lipinski definition) is 1. The summed E-state index contributed by atoms with van der Waals surface area (Å²) in [5, 5.41) is 16.4. The Morgan fingerprint density at radius 1 is 1.30 bits per heavy atom. The number of carbonyl (C=O) groups is 1. The van der Waals surface area contributed by atoms with Gasteiger partial charge in [0, 0.05) is 22.0 Å². The van der Waals surface area contributed by atoms with Crippen LogP contribution < -0.4 is 5.32 Å². The fraction of sp³-hybridized carbons (Fsp3) is 0.200. The van der Waals surface area contributed by atoms with E-state index in [-0.39, 0.29) is 11.9 Å². The predicted molar refractivity (Wildman–Crippen MR) is 111 cm³/mol. The quantitative estimate of drug-likeness (QED) is 0.660. The first-order chi connectivity index (χ1) is 13.2. The van der Waals surface area contributed by atoms with Crippen LogP contribution in [0.2, 0.25) is 5.02 Å². The van der Waals surface area contributed by atoms with E-state index in [0.717, 1.165) is 13.0 Å². The number of fused-ring (bicyclic) bond motifs is 1. The summed E-state index contributed by atoms with van der Waals surface area (Å²) in [5.74, 6) is -0.0870. The number of nitrogens with one attached hydrogen (secondary N) is 1. The summed E-state index contributed by atoms with van der Waals surface area (Å²) in [7, 11) is 0. The van der Waals surface area contributed by atoms with Crippen molar-refractivity contribution in [3.05, 3.63) is 73.1 Å². The molecule has 3 aromatic rings. The van der Waals surface area contributed by atoms with Gasteiger partial charge >= 0.3 is 0 Å². The number of carbonyl (C=O) groups excluding carboxylic acids is 1. The topological polar surface area (TPSA) is 56.1 Å². The minimum absolute atomic E-state index is 0.0870. The molecule has 0 unspecified atom stereocenters. The van der Waals surface area contributed by atoms with Crippen LogP contribution in [0.5, 0.6) is 0 Å². The van der Waals surface area contributed by atoms with E-state index in [2.05, 4.69) is 39.2 Å². The predicted octanol–water partition coefficient (Wildman–Crippen LogP) is 4.92. The number of anilines is 1. The molecule has 1 atom stereocenters. The highest BCUT2D eigenvalue weighted by Gasteiger charge is 2.31. The molecule has 0 radical (unpaired) electrons. The molecule has 0 saturated carbocycles. The van der Waals surface area contributed by atoms with Crippen molar-refractivity contribution in [1.82, 2.24) is 4.90 Å². The van der Waals surface area contributed by atoms with Crippen LogP contribution in [0.1, 0.15) is 26.9 Å². The molecule has 0 aliphatic carbocycles. The van der Waals surface area contributed by atoms with Crippen molar-refractivity contribution < 1.29 is 4.79 Å². The molecule has 2 aromatic heterocycles. The van der Waals surface area contributed by atoms with Crippen LogP contribution in [-0.4, -0.2) is 23.9 Å². The van der Waals surface area contributed by atoms with Crippen LogP contribution in [0.15, 0.2) is 47.2 Å². The van der Waals surface area contributed by atoms with Crippen LogP contribution in [0.4, 0.5) is 5.69 Å². The number of amides is 1. The third-order valence-electron chi connectivity index (χ3n) is 4.60. The summed E-state index contributed by atoms with van der Waals surface area (Å²) >= 11 is 9.57. The molecule has 1 amide bonds. The number of nitriles is 1. The van der Waals surface area contributed by atoms with E-state index >= 15 is 0 Å². The lowest BCUT2D eigenvalue weighted by Crippen LogP contribution is -2.40. The summed E-state index contributed by atoms with van der Waals surface area (Å²) < 4.78 is 0. The zero-order chi connectivity index (χ0) is 18.8. The first kappa shape index (κ1) is 18.2. The molecule has 0 saturated heterocycles. The lowest BCUT2D eigenvalue weighted by molar-refractivity contribution is -0.117. The second-order valence-corrected chi connectivity index (χ2v) is 8.68. The fourth-order valence-electron chi connectivity index (χ4n) is 3.39. The second-order valence-electron chi connectivity index (χ2n) is 6.29. The van der Waals surface area contributed by atoms with Gasteiger partial charge in [0.15, 0.2) is 0 Å². The second kappa shape index (κ2) is 7.83. The molecule has 1 aliphatic heterocycles. The molecule has 0 bridgehead atoms. The van der Waals surface area contributed by atoms with E-state index in [1.165, 1.54) is 15.3 Å². The van der Waals surface area contributed by atoms with Crippen LogP contribution >= 0.6 is 34.3 Å². The number of rotatable bonds is 4. The zero-order valence-electron chi connectivity index (χ0n) is 14.3. The summed E-state index contributed by atoms with van der Waals surface area (Å²) in [6, 6.07) is 13.4. The monoisotopic (exact) mass is 413 g/mol. The van der Waals surface area contributed by atoms with Crippen molar-refractivity contribution in [3.63, 3.8) is 0 Å². The van der Waals surface area contributed by atoms with E-state index < -0.39 is 0 Å². The van der Waals surface area contributed by atoms with Gasteiger partial charge in [-0.3, -0.25) is 9.69 Å². The first-order valence-electron chi connectivity index (χ1n) is 8.49. The largest absolute Gasteiger partial charge is 0.325 e. The highest BCUT2D eigenvalue weighted by molar-refractivity contribution is 7.10. The van der Waals surface area contributed by atoms with Gasteiger partial charge in [0.05, 0.1) is 23.2 Å². The molecule has 4 nitrogen and oxygen atoms in total. The maximum Gasteiger partial charge on any atom is 0.238 e. The van der Waals surface area contributed by atoms with Gasteiger partial charge in [-0.05, 0) is 53.1 Å². The lowest BCUT2D eigenvalue weighted by Gasteiger charge is -2.34. The smallest absolute Gasteiger partial charge is 0.238 e. The molecule has 1 aliphatic rings. The number of nitrogens with zero attached hydrogens (tertiary/aromatic N) is 2.